The van der Waals surface area contributed by atoms with Crippen molar-refractivity contribution in [1.29, 1.82) is 0 Å². The molecule has 0 aromatic carbocycles. The van der Waals surface area contributed by atoms with Crippen molar-refractivity contribution in [2.75, 3.05) is 6.54 Å². The predicted octanol–water partition coefficient (Wildman–Crippen LogP) is 1.73. The van der Waals surface area contributed by atoms with Crippen LogP contribution in [0, 0.1) is 11.8 Å². The summed E-state index contributed by atoms with van der Waals surface area (Å²) in [7, 11) is 1.55. The SMILES string of the molecule is CCC1CCC(CNC(=O)c2ccc(=O)n(C)n2)CC1. The summed E-state index contributed by atoms with van der Waals surface area (Å²) in [4.78, 5) is 23.2. The van der Waals surface area contributed by atoms with Gasteiger partial charge in [0.15, 0.2) is 0 Å². The number of aryl methyl sites for hydroxylation is 1. The van der Waals surface area contributed by atoms with Crippen molar-refractivity contribution in [1.82, 2.24) is 15.1 Å². The molecule has 0 aliphatic heterocycles. The molecule has 0 bridgehead atoms. The lowest BCUT2D eigenvalue weighted by Gasteiger charge is -2.27. The van der Waals surface area contributed by atoms with E-state index >= 15 is 0 Å². The molecule has 0 saturated heterocycles. The first-order valence-electron chi connectivity index (χ1n) is 7.42. The third-order valence-corrected chi connectivity index (χ3v) is 4.29. The molecular weight excluding hydrogens is 254 g/mol. The lowest BCUT2D eigenvalue weighted by atomic mass is 9.81. The Morgan fingerprint density at radius 1 is 1.30 bits per heavy atom. The molecule has 0 radical (unpaired) electrons. The summed E-state index contributed by atoms with van der Waals surface area (Å²) in [6, 6.07) is 2.85. The first-order valence-corrected chi connectivity index (χ1v) is 7.42. The van der Waals surface area contributed by atoms with Crippen molar-refractivity contribution in [2.45, 2.75) is 39.0 Å². The second-order valence-corrected chi connectivity index (χ2v) is 5.69. The Morgan fingerprint density at radius 3 is 2.55 bits per heavy atom. The van der Waals surface area contributed by atoms with Crippen LogP contribution in [0.5, 0.6) is 0 Å². The molecule has 1 heterocycles. The van der Waals surface area contributed by atoms with Crippen LogP contribution in [0.4, 0.5) is 0 Å². The molecule has 1 aromatic rings. The summed E-state index contributed by atoms with van der Waals surface area (Å²) in [6.45, 7) is 2.96. The van der Waals surface area contributed by atoms with Crippen LogP contribution in [0.3, 0.4) is 0 Å². The predicted molar refractivity (Wildman–Crippen MR) is 77.6 cm³/mol. The molecule has 2 rings (SSSR count). The van der Waals surface area contributed by atoms with E-state index < -0.39 is 0 Å². The highest BCUT2D eigenvalue weighted by atomic mass is 16.2. The number of amides is 1. The zero-order chi connectivity index (χ0) is 14.5. The number of carbonyl (C=O) groups is 1. The van der Waals surface area contributed by atoms with Gasteiger partial charge in [0, 0.05) is 19.7 Å². The smallest absolute Gasteiger partial charge is 0.271 e. The van der Waals surface area contributed by atoms with E-state index in [1.807, 2.05) is 0 Å². The molecule has 0 atom stereocenters. The Kier molecular flexibility index (Phi) is 4.93. The maximum atomic E-state index is 12.0. The number of nitrogens with one attached hydrogen (secondary N) is 1. The zero-order valence-corrected chi connectivity index (χ0v) is 12.3. The highest BCUT2D eigenvalue weighted by Gasteiger charge is 2.20. The molecule has 1 aromatic heterocycles. The van der Waals surface area contributed by atoms with E-state index in [1.165, 1.54) is 48.9 Å². The van der Waals surface area contributed by atoms with Gasteiger partial charge in [0.05, 0.1) is 0 Å². The normalized spacial score (nSPS) is 22.5. The van der Waals surface area contributed by atoms with Gasteiger partial charge in [-0.1, -0.05) is 26.2 Å². The Bertz CT molecular complexity index is 516. The first kappa shape index (κ1) is 14.8. The number of carbonyl (C=O) groups excluding carboxylic acids is 1. The number of hydrogen-bond donors (Lipinski definition) is 1. The van der Waals surface area contributed by atoms with Crippen LogP contribution in [-0.2, 0) is 7.05 Å². The molecule has 110 valence electrons. The van der Waals surface area contributed by atoms with Gasteiger partial charge >= 0.3 is 0 Å². The van der Waals surface area contributed by atoms with Gasteiger partial charge in [0.25, 0.3) is 11.5 Å². The summed E-state index contributed by atoms with van der Waals surface area (Å²) in [5.41, 5.74) is 0.0915. The van der Waals surface area contributed by atoms with Gasteiger partial charge in [-0.25, -0.2) is 4.68 Å². The minimum atomic E-state index is -0.209. The second kappa shape index (κ2) is 6.68. The molecule has 0 unspecified atom stereocenters. The number of rotatable bonds is 4. The van der Waals surface area contributed by atoms with Crippen LogP contribution in [0.2, 0.25) is 0 Å². The Balaban J connectivity index is 1.83. The third kappa shape index (κ3) is 3.68. The quantitative estimate of drug-likeness (QED) is 0.911. The van der Waals surface area contributed by atoms with E-state index in [0.717, 1.165) is 5.92 Å². The summed E-state index contributed by atoms with van der Waals surface area (Å²) in [5.74, 6) is 1.25. The highest BCUT2D eigenvalue weighted by Crippen LogP contribution is 2.30. The fourth-order valence-corrected chi connectivity index (χ4v) is 2.79. The molecular formula is C15H23N3O2. The summed E-state index contributed by atoms with van der Waals surface area (Å²) < 4.78 is 1.18. The molecule has 1 saturated carbocycles. The average molecular weight is 277 g/mol. The van der Waals surface area contributed by atoms with Crippen molar-refractivity contribution in [2.24, 2.45) is 18.9 Å². The Hall–Kier alpha value is -1.65. The van der Waals surface area contributed by atoms with E-state index in [-0.39, 0.29) is 11.5 Å². The maximum Gasteiger partial charge on any atom is 0.271 e. The summed E-state index contributed by atoms with van der Waals surface area (Å²) in [6.07, 6.45) is 6.20. The molecule has 1 N–H and O–H groups in total. The van der Waals surface area contributed by atoms with E-state index in [0.29, 0.717) is 18.2 Å². The zero-order valence-electron chi connectivity index (χ0n) is 12.3. The fraction of sp³-hybridized carbons (Fsp3) is 0.667. The van der Waals surface area contributed by atoms with Crippen molar-refractivity contribution in [3.8, 4) is 0 Å². The average Bonchev–Trinajstić information content (AvgIpc) is 2.48. The van der Waals surface area contributed by atoms with Crippen LogP contribution in [0.15, 0.2) is 16.9 Å². The standard InChI is InChI=1S/C15H23N3O2/c1-3-11-4-6-12(7-5-11)10-16-15(20)13-8-9-14(19)18(2)17-13/h8-9,11-12H,3-7,10H2,1-2H3,(H,16,20). The molecule has 1 amide bonds. The molecule has 20 heavy (non-hydrogen) atoms. The topological polar surface area (TPSA) is 64.0 Å². The minimum absolute atomic E-state index is 0.196. The van der Waals surface area contributed by atoms with E-state index in [2.05, 4.69) is 17.3 Å². The van der Waals surface area contributed by atoms with Gasteiger partial charge < -0.3 is 5.32 Å². The number of hydrogen-bond acceptors (Lipinski definition) is 3. The molecule has 5 nitrogen and oxygen atoms in total. The molecule has 1 aliphatic carbocycles. The van der Waals surface area contributed by atoms with E-state index in [1.54, 1.807) is 7.05 Å². The minimum Gasteiger partial charge on any atom is -0.350 e. The van der Waals surface area contributed by atoms with Crippen molar-refractivity contribution in [3.05, 3.63) is 28.2 Å². The monoisotopic (exact) mass is 277 g/mol. The van der Waals surface area contributed by atoms with Crippen LogP contribution in [-0.4, -0.2) is 22.2 Å². The van der Waals surface area contributed by atoms with Crippen LogP contribution >= 0.6 is 0 Å². The first-order chi connectivity index (χ1) is 9.60. The second-order valence-electron chi connectivity index (χ2n) is 5.69. The largest absolute Gasteiger partial charge is 0.350 e. The summed E-state index contributed by atoms with van der Waals surface area (Å²) in [5, 5.41) is 6.89. The van der Waals surface area contributed by atoms with Gasteiger partial charge in [-0.15, -0.1) is 0 Å². The fourth-order valence-electron chi connectivity index (χ4n) is 2.79. The van der Waals surface area contributed by atoms with Crippen LogP contribution in [0.25, 0.3) is 0 Å². The lowest BCUT2D eigenvalue weighted by molar-refractivity contribution is 0.0934. The van der Waals surface area contributed by atoms with Crippen molar-refractivity contribution in [3.63, 3.8) is 0 Å². The summed E-state index contributed by atoms with van der Waals surface area (Å²) >= 11 is 0. The van der Waals surface area contributed by atoms with Gasteiger partial charge in [-0.2, -0.15) is 5.10 Å². The van der Waals surface area contributed by atoms with Crippen molar-refractivity contribution >= 4 is 5.91 Å². The van der Waals surface area contributed by atoms with Crippen molar-refractivity contribution < 1.29 is 4.79 Å². The van der Waals surface area contributed by atoms with E-state index in [4.69, 9.17) is 0 Å². The maximum absolute atomic E-state index is 12.0. The molecule has 5 heteroatoms. The molecule has 1 fully saturated rings. The third-order valence-electron chi connectivity index (χ3n) is 4.29. The Labute approximate surface area is 119 Å². The highest BCUT2D eigenvalue weighted by molar-refractivity contribution is 5.91. The van der Waals surface area contributed by atoms with Gasteiger partial charge in [0.2, 0.25) is 0 Å². The number of aromatic nitrogens is 2. The van der Waals surface area contributed by atoms with Crippen LogP contribution < -0.4 is 10.9 Å². The molecule has 1 aliphatic rings. The molecule has 0 spiro atoms. The van der Waals surface area contributed by atoms with Gasteiger partial charge in [0.1, 0.15) is 5.69 Å². The van der Waals surface area contributed by atoms with E-state index in [9.17, 15) is 9.59 Å². The Morgan fingerprint density at radius 2 is 1.95 bits per heavy atom. The van der Waals surface area contributed by atoms with Gasteiger partial charge in [-0.05, 0) is 30.7 Å². The van der Waals surface area contributed by atoms with Gasteiger partial charge in [-0.3, -0.25) is 9.59 Å². The number of nitrogens with zero attached hydrogens (tertiary/aromatic N) is 2. The lowest BCUT2D eigenvalue weighted by Crippen LogP contribution is -2.33. The van der Waals surface area contributed by atoms with Crippen LogP contribution in [0.1, 0.15) is 49.5 Å².